The lowest BCUT2D eigenvalue weighted by molar-refractivity contribution is -0.372. The summed E-state index contributed by atoms with van der Waals surface area (Å²) in [6, 6.07) is 0. The number of alkyl halides is 6. The largest absolute Gasteiger partial charge is 0.403 e. The Morgan fingerprint density at radius 3 is 1.00 bits per heavy atom. The Morgan fingerprint density at radius 2 is 1.00 bits per heavy atom. The Bertz CT molecular complexity index is 180. The molecule has 0 bridgehead atoms. The molecule has 0 saturated carbocycles. The van der Waals surface area contributed by atoms with E-state index in [2.05, 4.69) is 0 Å². The zero-order valence-corrected chi connectivity index (χ0v) is 8.97. The van der Waals surface area contributed by atoms with Crippen LogP contribution in [0.15, 0.2) is 0 Å². The van der Waals surface area contributed by atoms with E-state index in [1.165, 1.54) is 0 Å². The molecule has 0 radical (unpaired) electrons. The minimum absolute atomic E-state index is 0.909. The van der Waals surface area contributed by atoms with Gasteiger partial charge in [0.25, 0.3) is 0 Å². The first-order valence-electron chi connectivity index (χ1n) is 4.44. The highest BCUT2D eigenvalue weighted by Crippen LogP contribution is 2.61. The summed E-state index contributed by atoms with van der Waals surface area (Å²) in [6.07, 6.45) is -11.6. The molecule has 0 saturated heterocycles. The smallest absolute Gasteiger partial charge is 0.170 e. The SMILES string of the molecule is CCC(C(C)(C)C)(C(F)(F)F)C(F)(F)F. The van der Waals surface area contributed by atoms with Gasteiger partial charge in [-0.05, 0) is 11.8 Å². The second-order valence-electron chi connectivity index (χ2n) is 4.50. The minimum atomic E-state index is -5.29. The van der Waals surface area contributed by atoms with Crippen LogP contribution in [0, 0.1) is 10.8 Å². The molecule has 0 fully saturated rings. The van der Waals surface area contributed by atoms with Crippen LogP contribution in [0.1, 0.15) is 34.1 Å². The van der Waals surface area contributed by atoms with E-state index in [0.717, 1.165) is 27.7 Å². The molecule has 0 unspecified atom stereocenters. The van der Waals surface area contributed by atoms with Gasteiger partial charge in [-0.25, -0.2) is 0 Å². The molecule has 0 spiro atoms. The van der Waals surface area contributed by atoms with Crippen LogP contribution in [-0.4, -0.2) is 12.4 Å². The van der Waals surface area contributed by atoms with Gasteiger partial charge in [-0.1, -0.05) is 27.7 Å². The monoisotopic (exact) mass is 236 g/mol. The summed E-state index contributed by atoms with van der Waals surface area (Å²) in [5.74, 6) is 0. The molecule has 0 aromatic heterocycles. The highest BCUT2D eigenvalue weighted by molar-refractivity contribution is 5.00. The zero-order chi connectivity index (χ0) is 12.7. The molecule has 0 aliphatic heterocycles. The summed E-state index contributed by atoms with van der Waals surface area (Å²) in [5, 5.41) is 0. The molecular weight excluding hydrogens is 222 g/mol. The Kier molecular flexibility index (Phi) is 3.46. The number of rotatable bonds is 1. The molecule has 0 aliphatic rings. The summed E-state index contributed by atoms with van der Waals surface area (Å²) in [6.45, 7) is 3.78. The van der Waals surface area contributed by atoms with Crippen LogP contribution < -0.4 is 0 Å². The van der Waals surface area contributed by atoms with Gasteiger partial charge in [-0.2, -0.15) is 26.3 Å². The lowest BCUT2D eigenvalue weighted by Crippen LogP contribution is -2.57. The van der Waals surface area contributed by atoms with Crippen molar-refractivity contribution in [2.75, 3.05) is 0 Å². The second kappa shape index (κ2) is 3.56. The van der Waals surface area contributed by atoms with E-state index >= 15 is 0 Å². The molecule has 0 heterocycles. The van der Waals surface area contributed by atoms with Crippen LogP contribution in [-0.2, 0) is 0 Å². The fourth-order valence-electron chi connectivity index (χ4n) is 1.94. The van der Waals surface area contributed by atoms with Gasteiger partial charge in [0.1, 0.15) is 0 Å². The average Bonchev–Trinajstić information content (AvgIpc) is 1.76. The second-order valence-corrected chi connectivity index (χ2v) is 4.50. The first-order valence-corrected chi connectivity index (χ1v) is 4.44. The maximum Gasteiger partial charge on any atom is 0.403 e. The fourth-order valence-corrected chi connectivity index (χ4v) is 1.94. The molecule has 0 aromatic carbocycles. The lowest BCUT2D eigenvalue weighted by atomic mass is 9.63. The van der Waals surface area contributed by atoms with E-state index in [4.69, 9.17) is 0 Å². The molecule has 0 amide bonds. The van der Waals surface area contributed by atoms with Gasteiger partial charge >= 0.3 is 12.4 Å². The van der Waals surface area contributed by atoms with Gasteiger partial charge in [-0.3, -0.25) is 0 Å². The standard InChI is InChI=1S/C9H14F6/c1-5-7(6(2,3)4,8(10,11)12)9(13,14)15/h5H2,1-4H3. The highest BCUT2D eigenvalue weighted by Gasteiger charge is 2.74. The maximum atomic E-state index is 12.6. The van der Waals surface area contributed by atoms with E-state index in [1.807, 2.05) is 0 Å². The van der Waals surface area contributed by atoms with Crippen molar-refractivity contribution in [3.8, 4) is 0 Å². The Morgan fingerprint density at radius 1 is 0.733 bits per heavy atom. The molecule has 0 atom stereocenters. The van der Waals surface area contributed by atoms with Crippen molar-refractivity contribution in [1.29, 1.82) is 0 Å². The highest BCUT2D eigenvalue weighted by atomic mass is 19.4. The van der Waals surface area contributed by atoms with Crippen LogP contribution in [0.25, 0.3) is 0 Å². The maximum absolute atomic E-state index is 12.6. The van der Waals surface area contributed by atoms with Gasteiger partial charge in [-0.15, -0.1) is 0 Å². The van der Waals surface area contributed by atoms with Crippen molar-refractivity contribution in [2.45, 2.75) is 46.5 Å². The number of hydrogen-bond acceptors (Lipinski definition) is 0. The predicted octanol–water partition coefficient (Wildman–Crippen LogP) is 4.55. The number of hydrogen-bond donors (Lipinski definition) is 0. The predicted molar refractivity (Wildman–Crippen MR) is 44.3 cm³/mol. The van der Waals surface area contributed by atoms with Gasteiger partial charge in [0.05, 0.1) is 0 Å². The van der Waals surface area contributed by atoms with E-state index < -0.39 is 29.6 Å². The van der Waals surface area contributed by atoms with Crippen molar-refractivity contribution < 1.29 is 26.3 Å². The van der Waals surface area contributed by atoms with E-state index in [1.54, 1.807) is 0 Å². The quantitative estimate of drug-likeness (QED) is 0.586. The van der Waals surface area contributed by atoms with Gasteiger partial charge in [0.2, 0.25) is 0 Å². The van der Waals surface area contributed by atoms with E-state index in [0.29, 0.717) is 0 Å². The molecule has 0 N–H and O–H groups in total. The van der Waals surface area contributed by atoms with Crippen molar-refractivity contribution in [3.63, 3.8) is 0 Å². The molecule has 15 heavy (non-hydrogen) atoms. The third kappa shape index (κ3) is 2.08. The molecule has 92 valence electrons. The molecule has 0 aromatic rings. The summed E-state index contributed by atoms with van der Waals surface area (Å²) in [4.78, 5) is 0. The van der Waals surface area contributed by atoms with Crippen molar-refractivity contribution in [3.05, 3.63) is 0 Å². The number of halogens is 6. The Labute approximate surface area is 84.7 Å². The van der Waals surface area contributed by atoms with Crippen LogP contribution in [0.4, 0.5) is 26.3 Å². The average molecular weight is 236 g/mol. The molecule has 6 heteroatoms. The van der Waals surface area contributed by atoms with Crippen molar-refractivity contribution in [2.24, 2.45) is 10.8 Å². The van der Waals surface area contributed by atoms with Crippen LogP contribution in [0.3, 0.4) is 0 Å². The third-order valence-corrected chi connectivity index (χ3v) is 2.78. The molecular formula is C9H14F6. The van der Waals surface area contributed by atoms with Gasteiger partial charge in [0, 0.05) is 0 Å². The topological polar surface area (TPSA) is 0 Å². The summed E-state index contributed by atoms with van der Waals surface area (Å²) in [5.41, 5.74) is -5.56. The summed E-state index contributed by atoms with van der Waals surface area (Å²) in [7, 11) is 0. The molecule has 0 rings (SSSR count). The first kappa shape index (κ1) is 14.6. The summed E-state index contributed by atoms with van der Waals surface area (Å²) >= 11 is 0. The zero-order valence-electron chi connectivity index (χ0n) is 8.97. The lowest BCUT2D eigenvalue weighted by Gasteiger charge is -2.46. The minimum Gasteiger partial charge on any atom is -0.170 e. The fraction of sp³-hybridized carbons (Fsp3) is 1.00. The van der Waals surface area contributed by atoms with Crippen LogP contribution >= 0.6 is 0 Å². The normalized spacial score (nSPS) is 15.6. The molecule has 0 aliphatic carbocycles. The van der Waals surface area contributed by atoms with Crippen LogP contribution in [0.5, 0.6) is 0 Å². The van der Waals surface area contributed by atoms with Gasteiger partial charge < -0.3 is 0 Å². The van der Waals surface area contributed by atoms with E-state index in [9.17, 15) is 26.3 Å². The van der Waals surface area contributed by atoms with Crippen molar-refractivity contribution >= 4 is 0 Å². The van der Waals surface area contributed by atoms with Crippen molar-refractivity contribution in [1.82, 2.24) is 0 Å². The van der Waals surface area contributed by atoms with Crippen LogP contribution in [0.2, 0.25) is 0 Å². The Balaban J connectivity index is 5.78. The Hall–Kier alpha value is -0.420. The van der Waals surface area contributed by atoms with Gasteiger partial charge in [0.15, 0.2) is 5.41 Å². The first-order chi connectivity index (χ1) is 6.31. The summed E-state index contributed by atoms with van der Waals surface area (Å²) < 4.78 is 75.9. The molecule has 0 nitrogen and oxygen atoms in total. The third-order valence-electron chi connectivity index (χ3n) is 2.78. The van der Waals surface area contributed by atoms with E-state index in [-0.39, 0.29) is 0 Å².